The van der Waals surface area contributed by atoms with Crippen LogP contribution < -0.4 is 10.5 Å². The molecule has 2 heterocycles. The van der Waals surface area contributed by atoms with Gasteiger partial charge in [-0.15, -0.1) is 0 Å². The molecule has 0 radical (unpaired) electrons. The summed E-state index contributed by atoms with van der Waals surface area (Å²) in [6.07, 6.45) is 1.28. The fourth-order valence-electron chi connectivity index (χ4n) is 3.37. The van der Waals surface area contributed by atoms with Gasteiger partial charge in [0.2, 0.25) is 0 Å². The van der Waals surface area contributed by atoms with Crippen molar-refractivity contribution in [1.29, 1.82) is 0 Å². The van der Waals surface area contributed by atoms with E-state index in [1.54, 1.807) is 0 Å². The molecule has 1 fully saturated rings. The molecule has 0 saturated carbocycles. The Balaban J connectivity index is 1.75. The van der Waals surface area contributed by atoms with Crippen LogP contribution in [-0.2, 0) is 17.9 Å². The van der Waals surface area contributed by atoms with Crippen LogP contribution in [0.3, 0.4) is 0 Å². The molecule has 0 spiro atoms. The largest absolute Gasteiger partial charge is 0.467 e. The number of fused-ring (bicyclic) bond motifs is 1. The van der Waals surface area contributed by atoms with Crippen molar-refractivity contribution in [3.8, 4) is 5.75 Å². The highest BCUT2D eigenvalue weighted by atomic mass is 16.7. The fourth-order valence-corrected chi connectivity index (χ4v) is 3.37. The van der Waals surface area contributed by atoms with Crippen molar-refractivity contribution in [1.82, 2.24) is 4.90 Å². The SMILES string of the molecule is CC(C)(C)C1CCN(Cc2cc(N)cc3c2OCOC3)C1. The average Bonchev–Trinajstić information content (AvgIpc) is 2.87. The van der Waals surface area contributed by atoms with E-state index in [0.29, 0.717) is 18.8 Å². The lowest BCUT2D eigenvalue weighted by atomic mass is 9.80. The van der Waals surface area contributed by atoms with Crippen molar-refractivity contribution in [2.45, 2.75) is 40.3 Å². The molecule has 1 saturated heterocycles. The molecule has 4 heteroatoms. The predicted molar refractivity (Wildman–Crippen MR) is 84.0 cm³/mol. The average molecular weight is 290 g/mol. The Kier molecular flexibility index (Phi) is 3.84. The molecule has 2 aliphatic rings. The summed E-state index contributed by atoms with van der Waals surface area (Å²) in [5.41, 5.74) is 9.47. The standard InChI is InChI=1S/C17H26N2O2/c1-17(2,3)14-4-5-19(9-14)8-12-6-15(18)7-13-10-20-11-21-16(12)13/h6-7,14H,4-5,8-11,18H2,1-3H3. The van der Waals surface area contributed by atoms with E-state index >= 15 is 0 Å². The Labute approximate surface area is 127 Å². The van der Waals surface area contributed by atoms with E-state index in [4.69, 9.17) is 15.2 Å². The third-order valence-corrected chi connectivity index (χ3v) is 4.70. The van der Waals surface area contributed by atoms with Crippen molar-refractivity contribution >= 4 is 5.69 Å². The van der Waals surface area contributed by atoms with E-state index in [9.17, 15) is 0 Å². The highest BCUT2D eigenvalue weighted by Gasteiger charge is 2.32. The summed E-state index contributed by atoms with van der Waals surface area (Å²) in [5.74, 6) is 1.74. The van der Waals surface area contributed by atoms with Crippen LogP contribution in [0.4, 0.5) is 5.69 Å². The summed E-state index contributed by atoms with van der Waals surface area (Å²) >= 11 is 0. The number of benzene rings is 1. The third kappa shape index (κ3) is 3.16. The van der Waals surface area contributed by atoms with Gasteiger partial charge in [-0.05, 0) is 36.4 Å². The van der Waals surface area contributed by atoms with Gasteiger partial charge in [-0.25, -0.2) is 0 Å². The molecule has 0 amide bonds. The number of ether oxygens (including phenoxy) is 2. The normalized spacial score (nSPS) is 22.9. The van der Waals surface area contributed by atoms with E-state index in [1.807, 2.05) is 6.07 Å². The van der Waals surface area contributed by atoms with Crippen LogP contribution in [0, 0.1) is 11.3 Å². The first-order valence-corrected chi connectivity index (χ1v) is 7.77. The van der Waals surface area contributed by atoms with Crippen molar-refractivity contribution in [3.63, 3.8) is 0 Å². The lowest BCUT2D eigenvalue weighted by Gasteiger charge is -2.28. The number of nitrogens with two attached hydrogens (primary N) is 1. The number of likely N-dealkylation sites (tertiary alicyclic amines) is 1. The molecule has 1 aromatic carbocycles. The monoisotopic (exact) mass is 290 g/mol. The minimum Gasteiger partial charge on any atom is -0.467 e. The Hall–Kier alpha value is -1.26. The molecule has 3 rings (SSSR count). The molecule has 0 aromatic heterocycles. The van der Waals surface area contributed by atoms with Gasteiger partial charge < -0.3 is 15.2 Å². The molecule has 1 aromatic rings. The maximum absolute atomic E-state index is 6.02. The van der Waals surface area contributed by atoms with Gasteiger partial charge in [-0.3, -0.25) is 4.90 Å². The van der Waals surface area contributed by atoms with Gasteiger partial charge >= 0.3 is 0 Å². The smallest absolute Gasteiger partial charge is 0.189 e. The highest BCUT2D eigenvalue weighted by Crippen LogP contribution is 2.36. The van der Waals surface area contributed by atoms with Crippen LogP contribution >= 0.6 is 0 Å². The molecular formula is C17H26N2O2. The van der Waals surface area contributed by atoms with Crippen LogP contribution in [0.2, 0.25) is 0 Å². The zero-order valence-electron chi connectivity index (χ0n) is 13.3. The first kappa shape index (κ1) is 14.7. The van der Waals surface area contributed by atoms with Crippen molar-refractivity contribution in [3.05, 3.63) is 23.3 Å². The molecule has 4 nitrogen and oxygen atoms in total. The van der Waals surface area contributed by atoms with Gasteiger partial charge in [0.15, 0.2) is 6.79 Å². The van der Waals surface area contributed by atoms with Crippen LogP contribution in [-0.4, -0.2) is 24.8 Å². The Morgan fingerprint density at radius 3 is 2.86 bits per heavy atom. The van der Waals surface area contributed by atoms with Crippen LogP contribution in [0.15, 0.2) is 12.1 Å². The lowest BCUT2D eigenvalue weighted by Crippen LogP contribution is -2.26. The maximum atomic E-state index is 6.02. The van der Waals surface area contributed by atoms with Gasteiger partial charge in [0.05, 0.1) is 6.61 Å². The number of nitrogen functional groups attached to an aromatic ring is 1. The zero-order chi connectivity index (χ0) is 15.0. The van der Waals surface area contributed by atoms with E-state index in [2.05, 4.69) is 31.7 Å². The van der Waals surface area contributed by atoms with Gasteiger partial charge in [-0.2, -0.15) is 0 Å². The Morgan fingerprint density at radius 2 is 2.14 bits per heavy atom. The van der Waals surface area contributed by atoms with Crippen LogP contribution in [0.25, 0.3) is 0 Å². The second-order valence-corrected chi connectivity index (χ2v) is 7.37. The molecule has 0 aliphatic carbocycles. The van der Waals surface area contributed by atoms with Gasteiger partial charge in [0.1, 0.15) is 5.75 Å². The number of rotatable bonds is 2. The molecular weight excluding hydrogens is 264 g/mol. The molecule has 0 bridgehead atoms. The molecule has 1 unspecified atom stereocenters. The first-order chi connectivity index (χ1) is 9.93. The van der Waals surface area contributed by atoms with E-state index < -0.39 is 0 Å². The summed E-state index contributed by atoms with van der Waals surface area (Å²) in [7, 11) is 0. The zero-order valence-corrected chi connectivity index (χ0v) is 13.3. The fraction of sp³-hybridized carbons (Fsp3) is 0.647. The maximum Gasteiger partial charge on any atom is 0.189 e. The minimum atomic E-state index is 0.342. The molecule has 2 aliphatic heterocycles. The molecule has 1 atom stereocenters. The quantitative estimate of drug-likeness (QED) is 0.851. The summed E-state index contributed by atoms with van der Waals surface area (Å²) < 4.78 is 11.1. The Morgan fingerprint density at radius 1 is 1.33 bits per heavy atom. The second kappa shape index (κ2) is 5.50. The topological polar surface area (TPSA) is 47.7 Å². The predicted octanol–water partition coefficient (Wildman–Crippen LogP) is 3.00. The van der Waals surface area contributed by atoms with Crippen molar-refractivity contribution < 1.29 is 9.47 Å². The lowest BCUT2D eigenvalue weighted by molar-refractivity contribution is -0.0173. The highest BCUT2D eigenvalue weighted by molar-refractivity contribution is 5.53. The van der Waals surface area contributed by atoms with Crippen molar-refractivity contribution in [2.24, 2.45) is 11.3 Å². The molecule has 2 N–H and O–H groups in total. The van der Waals surface area contributed by atoms with E-state index in [-0.39, 0.29) is 0 Å². The van der Waals surface area contributed by atoms with E-state index in [0.717, 1.165) is 42.6 Å². The summed E-state index contributed by atoms with van der Waals surface area (Å²) in [6.45, 7) is 11.2. The summed E-state index contributed by atoms with van der Waals surface area (Å²) in [6, 6.07) is 4.01. The van der Waals surface area contributed by atoms with Crippen LogP contribution in [0.5, 0.6) is 5.75 Å². The summed E-state index contributed by atoms with van der Waals surface area (Å²) in [5, 5.41) is 0. The van der Waals surface area contributed by atoms with Gasteiger partial charge in [0.25, 0.3) is 0 Å². The molecule has 116 valence electrons. The van der Waals surface area contributed by atoms with Crippen molar-refractivity contribution in [2.75, 3.05) is 25.6 Å². The number of hydrogen-bond acceptors (Lipinski definition) is 4. The van der Waals surface area contributed by atoms with E-state index in [1.165, 1.54) is 12.0 Å². The first-order valence-electron chi connectivity index (χ1n) is 7.77. The number of hydrogen-bond donors (Lipinski definition) is 1. The van der Waals surface area contributed by atoms with Gasteiger partial charge in [-0.1, -0.05) is 20.8 Å². The number of nitrogens with zero attached hydrogens (tertiary/aromatic N) is 1. The molecule has 21 heavy (non-hydrogen) atoms. The Bertz CT molecular complexity index is 522. The van der Waals surface area contributed by atoms with Gasteiger partial charge in [0, 0.05) is 29.9 Å². The summed E-state index contributed by atoms with van der Waals surface area (Å²) in [4.78, 5) is 2.52. The number of anilines is 1. The third-order valence-electron chi connectivity index (χ3n) is 4.70. The van der Waals surface area contributed by atoms with Crippen LogP contribution in [0.1, 0.15) is 38.3 Å². The minimum absolute atomic E-state index is 0.342. The second-order valence-electron chi connectivity index (χ2n) is 7.37.